The number of piperazine rings is 1. The molecule has 1 aliphatic heterocycles. The summed E-state index contributed by atoms with van der Waals surface area (Å²) in [5.41, 5.74) is 0.334. The van der Waals surface area contributed by atoms with Gasteiger partial charge in [-0.05, 0) is 12.1 Å². The van der Waals surface area contributed by atoms with E-state index >= 15 is 0 Å². The summed E-state index contributed by atoms with van der Waals surface area (Å²) in [6, 6.07) is 3.27. The van der Waals surface area contributed by atoms with Crippen molar-refractivity contribution in [3.05, 3.63) is 24.2 Å². The Morgan fingerprint density at radius 2 is 1.92 bits per heavy atom. The van der Waals surface area contributed by atoms with Crippen molar-refractivity contribution in [1.29, 1.82) is 0 Å². The molecular formula is C14H14F3N5O2. The van der Waals surface area contributed by atoms with Gasteiger partial charge in [-0.15, -0.1) is 0 Å². The maximum Gasteiger partial charge on any atom is 0.471 e. The molecule has 0 saturated carbocycles. The third kappa shape index (κ3) is 3.31. The van der Waals surface area contributed by atoms with Crippen molar-refractivity contribution in [3.63, 3.8) is 0 Å². The summed E-state index contributed by atoms with van der Waals surface area (Å²) in [6.07, 6.45) is -3.27. The van der Waals surface area contributed by atoms with E-state index in [1.165, 1.54) is 13.1 Å². The molecule has 3 rings (SSSR count). The maximum atomic E-state index is 12.5. The van der Waals surface area contributed by atoms with Gasteiger partial charge in [-0.25, -0.2) is 4.98 Å². The summed E-state index contributed by atoms with van der Waals surface area (Å²) in [5.74, 6) is -0.832. The molecule has 10 heteroatoms. The van der Waals surface area contributed by atoms with Crippen molar-refractivity contribution in [2.45, 2.75) is 13.1 Å². The van der Waals surface area contributed by atoms with E-state index in [-0.39, 0.29) is 11.7 Å². The average Bonchev–Trinajstić information content (AvgIpc) is 3.05. The molecule has 128 valence electrons. The number of hydrogen-bond donors (Lipinski definition) is 0. The number of hydrogen-bond acceptors (Lipinski definition) is 6. The smallest absolute Gasteiger partial charge is 0.353 e. The van der Waals surface area contributed by atoms with Gasteiger partial charge >= 0.3 is 12.1 Å². The molecule has 0 radical (unpaired) electrons. The molecule has 0 aromatic carbocycles. The lowest BCUT2D eigenvalue weighted by atomic mass is 10.2. The Kier molecular flexibility index (Phi) is 4.12. The topological polar surface area (TPSA) is 75.4 Å². The monoisotopic (exact) mass is 341 g/mol. The molecule has 2 aromatic rings. The fraction of sp³-hybridized carbons (Fsp3) is 0.429. The quantitative estimate of drug-likeness (QED) is 0.829. The van der Waals surface area contributed by atoms with Gasteiger partial charge in [0.2, 0.25) is 11.7 Å². The van der Waals surface area contributed by atoms with Crippen LogP contribution in [0.2, 0.25) is 0 Å². The zero-order valence-corrected chi connectivity index (χ0v) is 12.7. The highest BCUT2D eigenvalue weighted by Crippen LogP contribution is 2.29. The molecule has 1 aliphatic rings. The van der Waals surface area contributed by atoms with E-state index in [2.05, 4.69) is 19.6 Å². The van der Waals surface area contributed by atoms with Gasteiger partial charge < -0.3 is 14.3 Å². The third-order valence-electron chi connectivity index (χ3n) is 3.72. The summed E-state index contributed by atoms with van der Waals surface area (Å²) in [7, 11) is 0. The van der Waals surface area contributed by atoms with Gasteiger partial charge in [-0.1, -0.05) is 5.16 Å². The van der Waals surface area contributed by atoms with Crippen LogP contribution < -0.4 is 4.90 Å². The first-order valence-corrected chi connectivity index (χ1v) is 7.22. The predicted molar refractivity (Wildman–Crippen MR) is 77.0 cm³/mol. The third-order valence-corrected chi connectivity index (χ3v) is 3.72. The Morgan fingerprint density at radius 1 is 1.21 bits per heavy atom. The number of alkyl halides is 3. The fourth-order valence-electron chi connectivity index (χ4n) is 2.41. The van der Waals surface area contributed by atoms with Crippen LogP contribution in [0.5, 0.6) is 0 Å². The first-order chi connectivity index (χ1) is 11.3. The van der Waals surface area contributed by atoms with E-state index in [1.54, 1.807) is 17.0 Å². The van der Waals surface area contributed by atoms with Crippen LogP contribution in [0.15, 0.2) is 22.9 Å². The summed E-state index contributed by atoms with van der Waals surface area (Å²) in [4.78, 5) is 22.6. The highest BCUT2D eigenvalue weighted by atomic mass is 19.4. The Morgan fingerprint density at radius 3 is 2.42 bits per heavy atom. The number of pyridine rings is 1. The molecule has 0 bridgehead atoms. The first kappa shape index (κ1) is 16.2. The number of nitrogens with zero attached hydrogens (tertiary/aromatic N) is 5. The first-order valence-electron chi connectivity index (χ1n) is 7.22. The van der Waals surface area contributed by atoms with Gasteiger partial charge in [0, 0.05) is 44.9 Å². The predicted octanol–water partition coefficient (Wildman–Crippen LogP) is 1.82. The SMILES string of the molecule is CC(=O)N1CCN(c2ccc(-c3noc(C(F)(F)F)n3)cn2)CC1. The Bertz CT molecular complexity index is 721. The van der Waals surface area contributed by atoms with Crippen LogP contribution in [0.25, 0.3) is 11.4 Å². The molecule has 0 spiro atoms. The number of aromatic nitrogens is 3. The van der Waals surface area contributed by atoms with E-state index < -0.39 is 12.1 Å². The molecule has 24 heavy (non-hydrogen) atoms. The number of rotatable bonds is 2. The molecule has 1 amide bonds. The maximum absolute atomic E-state index is 12.5. The fourth-order valence-corrected chi connectivity index (χ4v) is 2.41. The summed E-state index contributed by atoms with van der Waals surface area (Å²) in [6.45, 7) is 4.04. The lowest BCUT2D eigenvalue weighted by Gasteiger charge is -2.34. The largest absolute Gasteiger partial charge is 0.471 e. The molecule has 7 nitrogen and oxygen atoms in total. The van der Waals surface area contributed by atoms with Crippen LogP contribution in [0.4, 0.5) is 19.0 Å². The van der Waals surface area contributed by atoms with Gasteiger partial charge in [0.15, 0.2) is 0 Å². The zero-order valence-electron chi connectivity index (χ0n) is 12.7. The second kappa shape index (κ2) is 6.10. The van der Waals surface area contributed by atoms with Crippen LogP contribution in [-0.4, -0.2) is 52.1 Å². The summed E-state index contributed by atoms with van der Waals surface area (Å²) >= 11 is 0. The Hall–Kier alpha value is -2.65. The van der Waals surface area contributed by atoms with E-state index in [1.807, 2.05) is 4.90 Å². The number of carbonyl (C=O) groups is 1. The zero-order chi connectivity index (χ0) is 17.3. The molecule has 2 aromatic heterocycles. The number of halogens is 3. The van der Waals surface area contributed by atoms with Crippen molar-refractivity contribution in [1.82, 2.24) is 20.0 Å². The molecule has 1 saturated heterocycles. The molecule has 0 aliphatic carbocycles. The summed E-state index contributed by atoms with van der Waals surface area (Å²) in [5, 5.41) is 3.32. The minimum atomic E-state index is -4.67. The number of carbonyl (C=O) groups excluding carboxylic acids is 1. The minimum Gasteiger partial charge on any atom is -0.353 e. The standard InChI is InChI=1S/C14H14F3N5O2/c1-9(23)21-4-6-22(7-5-21)11-3-2-10(8-18-11)12-19-13(24-20-12)14(15,16)17/h2-3,8H,4-7H2,1H3. The molecule has 0 unspecified atom stereocenters. The van der Waals surface area contributed by atoms with Gasteiger partial charge in [-0.3, -0.25) is 4.79 Å². The van der Waals surface area contributed by atoms with Crippen molar-refractivity contribution < 1.29 is 22.5 Å². The van der Waals surface area contributed by atoms with Crippen LogP contribution in [-0.2, 0) is 11.0 Å². The second-order valence-corrected chi connectivity index (χ2v) is 5.32. The summed E-state index contributed by atoms with van der Waals surface area (Å²) < 4.78 is 41.6. The highest BCUT2D eigenvalue weighted by molar-refractivity contribution is 5.73. The number of amides is 1. The molecule has 0 atom stereocenters. The molecule has 3 heterocycles. The van der Waals surface area contributed by atoms with E-state index in [0.717, 1.165) is 0 Å². The van der Waals surface area contributed by atoms with Crippen molar-refractivity contribution in [2.24, 2.45) is 0 Å². The van der Waals surface area contributed by atoms with Gasteiger partial charge in [-0.2, -0.15) is 18.2 Å². The van der Waals surface area contributed by atoms with Gasteiger partial charge in [0.1, 0.15) is 5.82 Å². The lowest BCUT2D eigenvalue weighted by Crippen LogP contribution is -2.48. The van der Waals surface area contributed by atoms with Crippen LogP contribution in [0, 0.1) is 0 Å². The van der Waals surface area contributed by atoms with Crippen molar-refractivity contribution in [3.8, 4) is 11.4 Å². The van der Waals surface area contributed by atoms with E-state index in [0.29, 0.717) is 37.6 Å². The van der Waals surface area contributed by atoms with Gasteiger partial charge in [0.05, 0.1) is 0 Å². The molecule has 0 N–H and O–H groups in total. The minimum absolute atomic E-state index is 0.0375. The lowest BCUT2D eigenvalue weighted by molar-refractivity contribution is -0.159. The van der Waals surface area contributed by atoms with Crippen molar-refractivity contribution in [2.75, 3.05) is 31.1 Å². The van der Waals surface area contributed by atoms with E-state index in [9.17, 15) is 18.0 Å². The van der Waals surface area contributed by atoms with Crippen LogP contribution in [0.1, 0.15) is 12.8 Å². The average molecular weight is 341 g/mol. The molecular weight excluding hydrogens is 327 g/mol. The Balaban J connectivity index is 1.70. The second-order valence-electron chi connectivity index (χ2n) is 5.32. The normalized spacial score (nSPS) is 15.7. The highest BCUT2D eigenvalue weighted by Gasteiger charge is 2.38. The van der Waals surface area contributed by atoms with Crippen LogP contribution in [0.3, 0.4) is 0 Å². The number of anilines is 1. The van der Waals surface area contributed by atoms with Crippen molar-refractivity contribution >= 4 is 11.7 Å². The van der Waals surface area contributed by atoms with Gasteiger partial charge in [0.25, 0.3) is 0 Å². The van der Waals surface area contributed by atoms with E-state index in [4.69, 9.17) is 0 Å². The molecule has 1 fully saturated rings. The van der Waals surface area contributed by atoms with Crippen LogP contribution >= 0.6 is 0 Å². The Labute approximate surface area is 135 Å².